The van der Waals surface area contributed by atoms with Crippen molar-refractivity contribution in [2.75, 3.05) is 0 Å². The molecule has 0 saturated heterocycles. The van der Waals surface area contributed by atoms with Crippen LogP contribution in [0.1, 0.15) is 20.7 Å². The summed E-state index contributed by atoms with van der Waals surface area (Å²) in [5.41, 5.74) is 0.447. The van der Waals surface area contributed by atoms with E-state index in [4.69, 9.17) is 14.9 Å². The van der Waals surface area contributed by atoms with Crippen LogP contribution in [0.25, 0.3) is 10.2 Å². The summed E-state index contributed by atoms with van der Waals surface area (Å²) in [7, 11) is 0. The number of para-hydroxylation sites is 1. The van der Waals surface area contributed by atoms with Crippen LogP contribution < -0.4 is 4.74 Å². The van der Waals surface area contributed by atoms with Crippen molar-refractivity contribution in [3.63, 3.8) is 0 Å². The average molecular weight is 315 g/mol. The van der Waals surface area contributed by atoms with Crippen LogP contribution in [0.2, 0.25) is 0 Å². The zero-order valence-corrected chi connectivity index (χ0v) is 11.8. The molecule has 0 amide bonds. The molecule has 6 nitrogen and oxygen atoms in total. The lowest BCUT2D eigenvalue weighted by Crippen LogP contribution is -2.03. The van der Waals surface area contributed by atoms with E-state index in [1.54, 1.807) is 0 Å². The van der Waals surface area contributed by atoms with Crippen LogP contribution in [0, 0.1) is 0 Å². The molecule has 0 aliphatic carbocycles. The highest BCUT2D eigenvalue weighted by Crippen LogP contribution is 2.31. The third-order valence-electron chi connectivity index (χ3n) is 2.88. The number of carboxylic acid groups (broad SMARTS) is 2. The first-order valence-electron chi connectivity index (χ1n) is 6.18. The summed E-state index contributed by atoms with van der Waals surface area (Å²) in [6.07, 6.45) is 0. The van der Waals surface area contributed by atoms with Gasteiger partial charge in [-0.05, 0) is 30.3 Å². The Hall–Kier alpha value is -2.93. The molecular formula is C15H9NO5S. The monoisotopic (exact) mass is 315 g/mol. The number of nitrogens with zero attached hydrogens (tertiary/aromatic N) is 1. The van der Waals surface area contributed by atoms with Gasteiger partial charge in [-0.2, -0.15) is 0 Å². The van der Waals surface area contributed by atoms with Crippen molar-refractivity contribution >= 4 is 33.5 Å². The molecule has 0 saturated carbocycles. The van der Waals surface area contributed by atoms with Crippen LogP contribution in [0.5, 0.6) is 10.9 Å². The molecule has 3 rings (SSSR count). The second-order valence-corrected chi connectivity index (χ2v) is 5.40. The second-order valence-electron chi connectivity index (χ2n) is 4.41. The Bertz CT molecular complexity index is 821. The van der Waals surface area contributed by atoms with Gasteiger partial charge in [0, 0.05) is 0 Å². The van der Waals surface area contributed by atoms with Crippen molar-refractivity contribution in [2.24, 2.45) is 0 Å². The van der Waals surface area contributed by atoms with Crippen molar-refractivity contribution in [3.05, 3.63) is 53.6 Å². The molecule has 0 bridgehead atoms. The number of benzene rings is 2. The maximum absolute atomic E-state index is 11.1. The summed E-state index contributed by atoms with van der Waals surface area (Å²) in [6.45, 7) is 0. The molecule has 3 aromatic rings. The van der Waals surface area contributed by atoms with Gasteiger partial charge in [0.25, 0.3) is 5.19 Å². The third kappa shape index (κ3) is 2.75. The van der Waals surface area contributed by atoms with Gasteiger partial charge in [0.1, 0.15) is 5.75 Å². The fourth-order valence-electron chi connectivity index (χ4n) is 1.90. The van der Waals surface area contributed by atoms with Crippen LogP contribution in [0.15, 0.2) is 42.5 Å². The summed E-state index contributed by atoms with van der Waals surface area (Å²) in [4.78, 5) is 26.4. The Morgan fingerprint density at radius 3 is 2.23 bits per heavy atom. The first kappa shape index (κ1) is 14.0. The van der Waals surface area contributed by atoms with Crippen molar-refractivity contribution in [1.82, 2.24) is 4.98 Å². The van der Waals surface area contributed by atoms with E-state index in [1.807, 2.05) is 24.3 Å². The molecule has 0 spiro atoms. The van der Waals surface area contributed by atoms with Gasteiger partial charge in [0.05, 0.1) is 21.3 Å². The SMILES string of the molecule is O=C(O)c1cc(Oc2nc3ccccc3s2)cc(C(=O)O)c1. The summed E-state index contributed by atoms with van der Waals surface area (Å²) in [6, 6.07) is 11.0. The minimum absolute atomic E-state index is 0.122. The fraction of sp³-hybridized carbons (Fsp3) is 0. The zero-order chi connectivity index (χ0) is 15.7. The summed E-state index contributed by atoms with van der Waals surface area (Å²) in [5, 5.41) is 18.4. The molecule has 0 fully saturated rings. The van der Waals surface area contributed by atoms with E-state index < -0.39 is 11.9 Å². The van der Waals surface area contributed by atoms with Crippen LogP contribution in [-0.4, -0.2) is 27.1 Å². The average Bonchev–Trinajstić information content (AvgIpc) is 2.88. The van der Waals surface area contributed by atoms with E-state index >= 15 is 0 Å². The summed E-state index contributed by atoms with van der Waals surface area (Å²) >= 11 is 1.29. The van der Waals surface area contributed by atoms with E-state index in [2.05, 4.69) is 4.98 Å². The Labute approximate surface area is 128 Å². The molecule has 0 unspecified atom stereocenters. The number of carboxylic acids is 2. The number of hydrogen-bond acceptors (Lipinski definition) is 5. The first-order chi connectivity index (χ1) is 10.5. The number of aromatic carboxylic acids is 2. The number of aromatic nitrogens is 1. The predicted molar refractivity (Wildman–Crippen MR) is 80.1 cm³/mol. The molecule has 22 heavy (non-hydrogen) atoms. The van der Waals surface area contributed by atoms with Gasteiger partial charge in [0.15, 0.2) is 0 Å². The van der Waals surface area contributed by atoms with E-state index in [0.717, 1.165) is 16.3 Å². The van der Waals surface area contributed by atoms with Crippen LogP contribution >= 0.6 is 11.3 Å². The molecule has 2 aromatic carbocycles. The van der Waals surface area contributed by atoms with Gasteiger partial charge in [-0.25, -0.2) is 14.6 Å². The lowest BCUT2D eigenvalue weighted by Gasteiger charge is -2.05. The maximum Gasteiger partial charge on any atom is 0.335 e. The molecule has 0 radical (unpaired) electrons. The first-order valence-corrected chi connectivity index (χ1v) is 7.00. The molecule has 0 aliphatic rings. The van der Waals surface area contributed by atoms with E-state index in [9.17, 15) is 9.59 Å². The van der Waals surface area contributed by atoms with Crippen molar-refractivity contribution < 1.29 is 24.5 Å². The summed E-state index contributed by atoms with van der Waals surface area (Å²) in [5.74, 6) is -2.33. The maximum atomic E-state index is 11.1. The molecule has 0 aliphatic heterocycles. The molecule has 1 heterocycles. The normalized spacial score (nSPS) is 10.5. The van der Waals surface area contributed by atoms with Gasteiger partial charge >= 0.3 is 11.9 Å². The van der Waals surface area contributed by atoms with Gasteiger partial charge in [-0.3, -0.25) is 0 Å². The Morgan fingerprint density at radius 1 is 1.00 bits per heavy atom. The van der Waals surface area contributed by atoms with Gasteiger partial charge in [-0.15, -0.1) is 0 Å². The number of thiazole rings is 1. The Morgan fingerprint density at radius 2 is 1.64 bits per heavy atom. The van der Waals surface area contributed by atoms with Crippen molar-refractivity contribution in [2.45, 2.75) is 0 Å². The molecule has 2 N–H and O–H groups in total. The largest absolute Gasteiger partial charge is 0.478 e. The summed E-state index contributed by atoms with van der Waals surface area (Å²) < 4.78 is 6.45. The molecule has 0 atom stereocenters. The lowest BCUT2D eigenvalue weighted by molar-refractivity contribution is 0.0696. The molecule has 7 heteroatoms. The second kappa shape index (κ2) is 5.45. The van der Waals surface area contributed by atoms with Gasteiger partial charge in [-0.1, -0.05) is 23.5 Å². The minimum atomic E-state index is -1.22. The standard InChI is InChI=1S/C15H9NO5S/c17-13(18)8-5-9(14(19)20)7-10(6-8)21-15-16-11-3-1-2-4-12(11)22-15/h1-7H,(H,17,18)(H,19,20). The molecule has 110 valence electrons. The number of fused-ring (bicyclic) bond motifs is 1. The van der Waals surface area contributed by atoms with E-state index in [0.29, 0.717) is 5.19 Å². The number of ether oxygens (including phenoxy) is 1. The van der Waals surface area contributed by atoms with Gasteiger partial charge in [0.2, 0.25) is 0 Å². The van der Waals surface area contributed by atoms with Crippen molar-refractivity contribution in [1.29, 1.82) is 0 Å². The lowest BCUT2D eigenvalue weighted by atomic mass is 10.1. The van der Waals surface area contributed by atoms with E-state index in [-0.39, 0.29) is 16.9 Å². The Kier molecular flexibility index (Phi) is 3.48. The Balaban J connectivity index is 2.00. The van der Waals surface area contributed by atoms with Crippen LogP contribution in [0.4, 0.5) is 0 Å². The van der Waals surface area contributed by atoms with Crippen molar-refractivity contribution in [3.8, 4) is 10.9 Å². The number of rotatable bonds is 4. The highest BCUT2D eigenvalue weighted by atomic mass is 32.1. The highest BCUT2D eigenvalue weighted by Gasteiger charge is 2.14. The smallest absolute Gasteiger partial charge is 0.335 e. The van der Waals surface area contributed by atoms with Crippen LogP contribution in [0.3, 0.4) is 0 Å². The van der Waals surface area contributed by atoms with E-state index in [1.165, 1.54) is 23.5 Å². The van der Waals surface area contributed by atoms with Crippen LogP contribution in [-0.2, 0) is 0 Å². The highest BCUT2D eigenvalue weighted by molar-refractivity contribution is 7.20. The number of hydrogen-bond donors (Lipinski definition) is 2. The topological polar surface area (TPSA) is 96.7 Å². The quantitative estimate of drug-likeness (QED) is 0.765. The van der Waals surface area contributed by atoms with Gasteiger partial charge < -0.3 is 14.9 Å². The fourth-order valence-corrected chi connectivity index (χ4v) is 2.74. The minimum Gasteiger partial charge on any atom is -0.478 e. The molecule has 1 aromatic heterocycles. The molecular weight excluding hydrogens is 306 g/mol. The zero-order valence-electron chi connectivity index (χ0n) is 11.0. The third-order valence-corrected chi connectivity index (χ3v) is 3.79. The number of carbonyl (C=O) groups is 2. The predicted octanol–water partition coefficient (Wildman–Crippen LogP) is 3.49.